The van der Waals surface area contributed by atoms with E-state index in [0.717, 1.165) is 0 Å². The molecule has 0 heterocycles. The Morgan fingerprint density at radius 3 is 2.40 bits per heavy atom. The maximum atomic E-state index is 11.2. The number of amides is 1. The number of rotatable bonds is 3. The highest BCUT2D eigenvalue weighted by Crippen LogP contribution is 2.34. The molecule has 0 saturated heterocycles. The van der Waals surface area contributed by atoms with Crippen molar-refractivity contribution in [1.82, 2.24) is 0 Å². The number of hydrazone groups is 1. The zero-order chi connectivity index (χ0) is 15.3. The number of nitrogens with zero attached hydrogens (tertiary/aromatic N) is 2. The number of aromatic hydroxyl groups is 1. The number of hydrogen-bond acceptors (Lipinski definition) is 7. The van der Waals surface area contributed by atoms with Gasteiger partial charge in [0.1, 0.15) is 6.07 Å². The van der Waals surface area contributed by atoms with Crippen LogP contribution in [0.15, 0.2) is 17.2 Å². The van der Waals surface area contributed by atoms with Crippen LogP contribution in [0.2, 0.25) is 10.0 Å². The topological polar surface area (TPSA) is 138 Å². The molecule has 8 nitrogen and oxygen atoms in total. The highest BCUT2D eigenvalue weighted by atomic mass is 35.5. The third kappa shape index (κ3) is 4.01. The van der Waals surface area contributed by atoms with Crippen LogP contribution in [0.3, 0.4) is 0 Å². The molecule has 0 aliphatic heterocycles. The van der Waals surface area contributed by atoms with Gasteiger partial charge >= 0.3 is 12.1 Å². The minimum Gasteiger partial charge on any atom is -0.505 e. The Labute approximate surface area is 122 Å². The van der Waals surface area contributed by atoms with E-state index in [2.05, 4.69) is 21.0 Å². The van der Waals surface area contributed by atoms with Crippen molar-refractivity contribution < 1.29 is 19.4 Å². The molecule has 0 radical (unpaired) electrons. The summed E-state index contributed by atoms with van der Waals surface area (Å²) in [4.78, 5) is 21.5. The molecule has 1 aromatic carbocycles. The number of halogens is 2. The first kappa shape index (κ1) is 15.6. The number of hydrogen-bond donors (Lipinski definition) is 3. The number of ether oxygens (including phenoxy) is 1. The monoisotopic (exact) mass is 316 g/mol. The van der Waals surface area contributed by atoms with Gasteiger partial charge in [0.2, 0.25) is 5.71 Å². The molecule has 1 rings (SSSR count). The first-order valence-electron chi connectivity index (χ1n) is 4.78. The van der Waals surface area contributed by atoms with Gasteiger partial charge < -0.3 is 15.6 Å². The van der Waals surface area contributed by atoms with Crippen molar-refractivity contribution in [1.29, 1.82) is 5.26 Å². The Morgan fingerprint density at radius 1 is 1.40 bits per heavy atom. The molecule has 20 heavy (non-hydrogen) atoms. The summed E-state index contributed by atoms with van der Waals surface area (Å²) in [5.74, 6) is -1.64. The van der Waals surface area contributed by atoms with Crippen LogP contribution in [-0.2, 0) is 9.53 Å². The molecule has 4 N–H and O–H groups in total. The first-order chi connectivity index (χ1) is 9.35. The van der Waals surface area contributed by atoms with Crippen LogP contribution in [0.4, 0.5) is 10.5 Å². The summed E-state index contributed by atoms with van der Waals surface area (Å²) in [6.07, 6.45) is -1.37. The summed E-state index contributed by atoms with van der Waals surface area (Å²) >= 11 is 11.3. The fraction of sp³-hybridized carbons (Fsp3) is 0. The second-order valence-corrected chi connectivity index (χ2v) is 4.00. The van der Waals surface area contributed by atoms with Crippen molar-refractivity contribution in [2.45, 2.75) is 0 Å². The van der Waals surface area contributed by atoms with E-state index in [9.17, 15) is 14.7 Å². The van der Waals surface area contributed by atoms with Gasteiger partial charge in [-0.05, 0) is 12.1 Å². The van der Waals surface area contributed by atoms with Crippen molar-refractivity contribution in [2.75, 3.05) is 5.43 Å². The summed E-state index contributed by atoms with van der Waals surface area (Å²) in [6.45, 7) is 0. The van der Waals surface area contributed by atoms with Crippen molar-refractivity contribution in [3.05, 3.63) is 22.2 Å². The number of nitrogens with two attached hydrogens (primary N) is 1. The Balaban J connectivity index is 2.93. The Morgan fingerprint density at radius 2 is 1.95 bits per heavy atom. The molecule has 0 aliphatic rings. The lowest BCUT2D eigenvalue weighted by molar-refractivity contribution is -0.129. The number of anilines is 1. The van der Waals surface area contributed by atoms with E-state index >= 15 is 0 Å². The smallest absolute Gasteiger partial charge is 0.412 e. The normalized spacial score (nSPS) is 10.6. The average molecular weight is 317 g/mol. The predicted octanol–water partition coefficient (Wildman–Crippen LogP) is 1.61. The molecule has 1 amide bonds. The predicted molar refractivity (Wildman–Crippen MR) is 70.5 cm³/mol. The van der Waals surface area contributed by atoms with Gasteiger partial charge in [-0.2, -0.15) is 10.4 Å². The van der Waals surface area contributed by atoms with Crippen molar-refractivity contribution >= 4 is 46.7 Å². The molecular formula is C10H6Cl2N4O4. The van der Waals surface area contributed by atoms with Crippen LogP contribution < -0.4 is 11.2 Å². The number of nitrogens with one attached hydrogen (secondary N) is 1. The Kier molecular flexibility index (Phi) is 5.14. The lowest BCUT2D eigenvalue weighted by Crippen LogP contribution is -2.24. The second kappa shape index (κ2) is 6.60. The van der Waals surface area contributed by atoms with E-state index in [-0.39, 0.29) is 21.5 Å². The van der Waals surface area contributed by atoms with E-state index in [1.165, 1.54) is 18.2 Å². The molecule has 0 aliphatic carbocycles. The maximum absolute atomic E-state index is 11.2. The van der Waals surface area contributed by atoms with Crippen molar-refractivity contribution in [2.24, 2.45) is 10.8 Å². The van der Waals surface area contributed by atoms with E-state index in [1.807, 2.05) is 0 Å². The average Bonchev–Trinajstić information content (AvgIpc) is 2.35. The minimum absolute atomic E-state index is 0.0616. The third-order valence-electron chi connectivity index (χ3n) is 1.81. The number of phenolic OH excluding ortho intramolecular Hbond substituents is 1. The molecule has 0 spiro atoms. The molecule has 0 bridgehead atoms. The van der Waals surface area contributed by atoms with E-state index < -0.39 is 17.8 Å². The molecule has 0 saturated carbocycles. The molecule has 10 heteroatoms. The SMILES string of the molecule is N#CC(=NNc1cc(Cl)c(O)c(Cl)c1)C(=O)OC(N)=O. The summed E-state index contributed by atoms with van der Waals surface area (Å²) in [5, 5.41) is 21.3. The summed E-state index contributed by atoms with van der Waals surface area (Å²) in [6, 6.07) is 3.91. The van der Waals surface area contributed by atoms with Crippen molar-refractivity contribution in [3.63, 3.8) is 0 Å². The minimum atomic E-state index is -1.37. The van der Waals surface area contributed by atoms with Crippen LogP contribution in [0.5, 0.6) is 5.75 Å². The van der Waals surface area contributed by atoms with E-state index in [0.29, 0.717) is 0 Å². The lowest BCUT2D eigenvalue weighted by Gasteiger charge is -2.05. The zero-order valence-corrected chi connectivity index (χ0v) is 11.1. The molecule has 0 atom stereocenters. The standard InChI is InChI=1S/C10H6Cl2N4O4/c11-5-1-4(2-6(12)8(5)17)15-16-7(3-13)9(18)20-10(14)19/h1-2,15,17H,(H2,14,19). The van der Waals surface area contributed by atoms with Gasteiger partial charge in [0, 0.05) is 0 Å². The third-order valence-corrected chi connectivity index (χ3v) is 2.38. The first-order valence-corrected chi connectivity index (χ1v) is 5.54. The molecular weight excluding hydrogens is 311 g/mol. The quantitative estimate of drug-likeness (QED) is 0.254. The summed E-state index contributed by atoms with van der Waals surface area (Å²) in [7, 11) is 0. The largest absolute Gasteiger partial charge is 0.505 e. The van der Waals surface area contributed by atoms with Crippen LogP contribution in [0.25, 0.3) is 0 Å². The van der Waals surface area contributed by atoms with Gasteiger partial charge in [0.25, 0.3) is 0 Å². The molecule has 0 unspecified atom stereocenters. The molecule has 0 fully saturated rings. The van der Waals surface area contributed by atoms with E-state index in [4.69, 9.17) is 28.5 Å². The van der Waals surface area contributed by atoms with Crippen LogP contribution >= 0.6 is 23.2 Å². The van der Waals surface area contributed by atoms with Gasteiger partial charge in [0.15, 0.2) is 5.75 Å². The number of carbonyl (C=O) groups excluding carboxylic acids is 2. The van der Waals surface area contributed by atoms with Gasteiger partial charge in [-0.25, -0.2) is 9.59 Å². The molecule has 0 aromatic heterocycles. The van der Waals surface area contributed by atoms with Crippen molar-refractivity contribution in [3.8, 4) is 11.8 Å². The zero-order valence-electron chi connectivity index (χ0n) is 9.55. The van der Waals surface area contributed by atoms with Crippen LogP contribution in [-0.4, -0.2) is 22.9 Å². The van der Waals surface area contributed by atoms with Crippen LogP contribution in [0.1, 0.15) is 0 Å². The number of carbonyl (C=O) groups is 2. The van der Waals surface area contributed by atoms with Gasteiger partial charge in [-0.15, -0.1) is 0 Å². The lowest BCUT2D eigenvalue weighted by atomic mass is 10.3. The number of esters is 1. The molecule has 104 valence electrons. The molecule has 1 aromatic rings. The number of benzene rings is 1. The maximum Gasteiger partial charge on any atom is 0.412 e. The van der Waals surface area contributed by atoms with Gasteiger partial charge in [-0.3, -0.25) is 5.43 Å². The Bertz CT molecular complexity index is 616. The number of phenols is 1. The second-order valence-electron chi connectivity index (χ2n) is 3.18. The highest BCUT2D eigenvalue weighted by molar-refractivity contribution is 6.44. The van der Waals surface area contributed by atoms with Gasteiger partial charge in [-0.1, -0.05) is 23.2 Å². The van der Waals surface area contributed by atoms with Gasteiger partial charge in [0.05, 0.1) is 15.7 Å². The fourth-order valence-corrected chi connectivity index (χ4v) is 1.49. The number of primary amides is 1. The Hall–Kier alpha value is -2.50. The highest BCUT2D eigenvalue weighted by Gasteiger charge is 2.16. The van der Waals surface area contributed by atoms with Crippen LogP contribution in [0, 0.1) is 11.3 Å². The fourth-order valence-electron chi connectivity index (χ4n) is 1.01. The summed E-state index contributed by atoms with van der Waals surface area (Å²) in [5.41, 5.74) is 6.36. The number of nitriles is 1. The van der Waals surface area contributed by atoms with E-state index in [1.54, 1.807) is 0 Å². The summed E-state index contributed by atoms with van der Waals surface area (Å²) < 4.78 is 3.97.